The van der Waals surface area contributed by atoms with Crippen molar-refractivity contribution in [2.75, 3.05) is 6.54 Å². The molecule has 0 aromatic heterocycles. The summed E-state index contributed by atoms with van der Waals surface area (Å²) in [5, 5.41) is 10.8. The maximum absolute atomic E-state index is 10.7. The van der Waals surface area contributed by atoms with Gasteiger partial charge < -0.3 is 5.32 Å². The van der Waals surface area contributed by atoms with Crippen molar-refractivity contribution in [3.05, 3.63) is 0 Å². The Bertz CT molecular complexity index is 160. The molecule has 0 aromatic carbocycles. The molecule has 1 atom stereocenters. The van der Waals surface area contributed by atoms with E-state index in [1.54, 1.807) is 6.07 Å². The van der Waals surface area contributed by atoms with E-state index in [0.29, 0.717) is 12.5 Å². The van der Waals surface area contributed by atoms with Gasteiger partial charge in [0.05, 0.1) is 6.07 Å². The van der Waals surface area contributed by atoms with Gasteiger partial charge in [0.25, 0.3) is 0 Å². The fourth-order valence-corrected chi connectivity index (χ4v) is 0.567. The number of carbonyl (C=O) groups is 1. The predicted octanol–water partition coefficient (Wildman–Crippen LogP) is 1.06. The second kappa shape index (κ2) is 5.72. The number of rotatable bonds is 4. The molecule has 0 saturated carbocycles. The lowest BCUT2D eigenvalue weighted by Gasteiger charge is -2.07. The molecular formula is C8H14N2O. The summed E-state index contributed by atoms with van der Waals surface area (Å²) in [6.07, 6.45) is 1.02. The molecule has 0 aliphatic heterocycles. The molecule has 62 valence electrons. The zero-order valence-electron chi connectivity index (χ0n) is 7.05. The fourth-order valence-electron chi connectivity index (χ4n) is 0.567. The minimum Gasteiger partial charge on any atom is -0.355 e. The molecule has 0 saturated heterocycles. The van der Waals surface area contributed by atoms with Gasteiger partial charge in [-0.1, -0.05) is 20.3 Å². The largest absolute Gasteiger partial charge is 0.355 e. The first kappa shape index (κ1) is 9.96. The topological polar surface area (TPSA) is 52.9 Å². The van der Waals surface area contributed by atoms with E-state index in [2.05, 4.69) is 19.2 Å². The monoisotopic (exact) mass is 154 g/mol. The Morgan fingerprint density at radius 1 is 1.73 bits per heavy atom. The molecule has 0 spiro atoms. The Morgan fingerprint density at radius 2 is 2.36 bits per heavy atom. The van der Waals surface area contributed by atoms with Crippen LogP contribution in [-0.2, 0) is 4.79 Å². The normalized spacial score (nSPS) is 11.7. The van der Waals surface area contributed by atoms with E-state index in [1.165, 1.54) is 0 Å². The number of hydrogen-bond acceptors (Lipinski definition) is 2. The molecular weight excluding hydrogens is 140 g/mol. The van der Waals surface area contributed by atoms with E-state index in [9.17, 15) is 4.79 Å². The lowest BCUT2D eigenvalue weighted by atomic mass is 10.1. The number of nitriles is 1. The zero-order chi connectivity index (χ0) is 8.69. The third-order valence-electron chi connectivity index (χ3n) is 1.58. The van der Waals surface area contributed by atoms with Crippen LogP contribution in [0, 0.1) is 17.2 Å². The Hall–Kier alpha value is -1.04. The summed E-state index contributed by atoms with van der Waals surface area (Å²) in [6, 6.07) is 1.80. The zero-order valence-corrected chi connectivity index (χ0v) is 7.05. The highest BCUT2D eigenvalue weighted by atomic mass is 16.1. The van der Waals surface area contributed by atoms with Crippen molar-refractivity contribution in [2.24, 2.45) is 5.92 Å². The first-order chi connectivity index (χ1) is 5.20. The smallest absolute Gasteiger partial charge is 0.234 e. The summed E-state index contributed by atoms with van der Waals surface area (Å²) in [4.78, 5) is 10.7. The number of nitrogens with zero attached hydrogens (tertiary/aromatic N) is 1. The standard InChI is InChI=1S/C8H14N2O/c1-3-7(2)6-10-8(11)4-5-9/h7H,3-4,6H2,1-2H3,(H,10,11)/t7-/m0/s1. The van der Waals surface area contributed by atoms with Gasteiger partial charge in [0.15, 0.2) is 0 Å². The summed E-state index contributed by atoms with van der Waals surface area (Å²) >= 11 is 0. The summed E-state index contributed by atoms with van der Waals surface area (Å²) in [5.74, 6) is 0.324. The second-order valence-electron chi connectivity index (χ2n) is 2.65. The molecule has 0 aliphatic rings. The van der Waals surface area contributed by atoms with E-state index < -0.39 is 0 Å². The molecule has 11 heavy (non-hydrogen) atoms. The van der Waals surface area contributed by atoms with E-state index in [1.807, 2.05) is 0 Å². The average molecular weight is 154 g/mol. The number of hydrogen-bond donors (Lipinski definition) is 1. The van der Waals surface area contributed by atoms with Crippen LogP contribution in [0.2, 0.25) is 0 Å². The Balaban J connectivity index is 3.39. The van der Waals surface area contributed by atoms with Crippen LogP contribution in [0.15, 0.2) is 0 Å². The van der Waals surface area contributed by atoms with Crippen molar-refractivity contribution in [1.29, 1.82) is 5.26 Å². The molecule has 0 unspecified atom stereocenters. The van der Waals surface area contributed by atoms with Crippen molar-refractivity contribution < 1.29 is 4.79 Å². The first-order valence-corrected chi connectivity index (χ1v) is 3.84. The molecule has 0 aromatic rings. The highest BCUT2D eigenvalue weighted by Gasteiger charge is 2.01. The van der Waals surface area contributed by atoms with Gasteiger partial charge in [-0.3, -0.25) is 4.79 Å². The highest BCUT2D eigenvalue weighted by molar-refractivity contribution is 5.77. The molecule has 1 N–H and O–H groups in total. The Morgan fingerprint density at radius 3 is 2.82 bits per heavy atom. The van der Waals surface area contributed by atoms with Crippen molar-refractivity contribution in [3.63, 3.8) is 0 Å². The summed E-state index contributed by atoms with van der Waals surface area (Å²) in [7, 11) is 0. The van der Waals surface area contributed by atoms with Gasteiger partial charge in [0.1, 0.15) is 6.42 Å². The molecule has 0 bridgehead atoms. The number of carbonyl (C=O) groups excluding carboxylic acids is 1. The molecule has 3 heteroatoms. The molecule has 0 radical (unpaired) electrons. The lowest BCUT2D eigenvalue weighted by molar-refractivity contribution is -0.120. The van der Waals surface area contributed by atoms with Crippen LogP contribution in [0.5, 0.6) is 0 Å². The third kappa shape index (κ3) is 5.41. The molecule has 0 rings (SSSR count). The van der Waals surface area contributed by atoms with Crippen molar-refractivity contribution >= 4 is 5.91 Å². The summed E-state index contributed by atoms with van der Waals surface area (Å²) in [5.41, 5.74) is 0. The third-order valence-corrected chi connectivity index (χ3v) is 1.58. The van der Waals surface area contributed by atoms with Crippen LogP contribution in [0.1, 0.15) is 26.7 Å². The maximum atomic E-state index is 10.7. The van der Waals surface area contributed by atoms with Gasteiger partial charge >= 0.3 is 0 Å². The van der Waals surface area contributed by atoms with Gasteiger partial charge in [-0.2, -0.15) is 5.26 Å². The van der Waals surface area contributed by atoms with Crippen molar-refractivity contribution in [2.45, 2.75) is 26.7 Å². The molecule has 0 heterocycles. The minimum absolute atomic E-state index is 0.0313. The van der Waals surface area contributed by atoms with E-state index in [4.69, 9.17) is 5.26 Å². The van der Waals surface area contributed by atoms with Crippen LogP contribution in [0.25, 0.3) is 0 Å². The van der Waals surface area contributed by atoms with Crippen LogP contribution in [0.4, 0.5) is 0 Å². The minimum atomic E-state index is -0.173. The number of amides is 1. The highest BCUT2D eigenvalue weighted by Crippen LogP contribution is 1.96. The predicted molar refractivity (Wildman–Crippen MR) is 42.7 cm³/mol. The fraction of sp³-hybridized carbons (Fsp3) is 0.750. The van der Waals surface area contributed by atoms with E-state index in [0.717, 1.165) is 6.42 Å². The maximum Gasteiger partial charge on any atom is 0.234 e. The Kier molecular flexibility index (Phi) is 5.18. The van der Waals surface area contributed by atoms with Crippen molar-refractivity contribution in [1.82, 2.24) is 5.32 Å². The first-order valence-electron chi connectivity index (χ1n) is 3.84. The van der Waals surface area contributed by atoms with Crippen LogP contribution >= 0.6 is 0 Å². The average Bonchev–Trinajstić information content (AvgIpc) is 2.01. The van der Waals surface area contributed by atoms with Crippen molar-refractivity contribution in [3.8, 4) is 6.07 Å². The molecule has 3 nitrogen and oxygen atoms in total. The molecule has 0 aliphatic carbocycles. The quantitative estimate of drug-likeness (QED) is 0.658. The molecule has 0 fully saturated rings. The van der Waals surface area contributed by atoms with Gasteiger partial charge in [-0.25, -0.2) is 0 Å². The summed E-state index contributed by atoms with van der Waals surface area (Å²) < 4.78 is 0. The van der Waals surface area contributed by atoms with Crippen LogP contribution < -0.4 is 5.32 Å². The Labute approximate surface area is 67.4 Å². The van der Waals surface area contributed by atoms with Crippen LogP contribution in [0.3, 0.4) is 0 Å². The van der Waals surface area contributed by atoms with Gasteiger partial charge in [-0.15, -0.1) is 0 Å². The summed E-state index contributed by atoms with van der Waals surface area (Å²) in [6.45, 7) is 4.81. The molecule has 1 amide bonds. The van der Waals surface area contributed by atoms with Gasteiger partial charge in [0, 0.05) is 6.54 Å². The van der Waals surface area contributed by atoms with E-state index >= 15 is 0 Å². The second-order valence-corrected chi connectivity index (χ2v) is 2.65. The van der Waals surface area contributed by atoms with Gasteiger partial charge in [-0.05, 0) is 5.92 Å². The SMILES string of the molecule is CC[C@H](C)CNC(=O)CC#N. The number of nitrogens with one attached hydrogen (secondary N) is 1. The van der Waals surface area contributed by atoms with Gasteiger partial charge in [0.2, 0.25) is 5.91 Å². The van der Waals surface area contributed by atoms with E-state index in [-0.39, 0.29) is 12.3 Å². The van der Waals surface area contributed by atoms with Crippen LogP contribution in [-0.4, -0.2) is 12.5 Å². The lowest BCUT2D eigenvalue weighted by Crippen LogP contribution is -2.27.